The molecule has 0 spiro atoms. The molecule has 106 valence electrons. The van der Waals surface area contributed by atoms with Crippen LogP contribution >= 0.6 is 0 Å². The van der Waals surface area contributed by atoms with Crippen molar-refractivity contribution in [1.82, 2.24) is 10.3 Å². The summed E-state index contributed by atoms with van der Waals surface area (Å²) in [7, 11) is 0. The Bertz CT molecular complexity index is 663. The van der Waals surface area contributed by atoms with Gasteiger partial charge >= 0.3 is 0 Å². The number of hydrogen-bond acceptors (Lipinski definition) is 4. The summed E-state index contributed by atoms with van der Waals surface area (Å²) in [6.45, 7) is 1.17. The van der Waals surface area contributed by atoms with E-state index in [1.54, 1.807) is 30.5 Å². The number of rotatable bonds is 2. The molecular formula is C17H16N2O2. The molecule has 0 bridgehead atoms. The first-order chi connectivity index (χ1) is 10.2. The van der Waals surface area contributed by atoms with Gasteiger partial charge in [0.05, 0.1) is 11.6 Å². The second-order valence-corrected chi connectivity index (χ2v) is 5.06. The number of phenols is 1. The second-order valence-electron chi connectivity index (χ2n) is 5.06. The number of pyridine rings is 1. The Morgan fingerprint density at radius 1 is 1.19 bits per heavy atom. The minimum Gasteiger partial charge on any atom is -0.508 e. The zero-order valence-electron chi connectivity index (χ0n) is 11.5. The lowest BCUT2D eigenvalue weighted by Crippen LogP contribution is -2.37. The molecular weight excluding hydrogens is 264 g/mol. The third-order valence-electron chi connectivity index (χ3n) is 3.60. The summed E-state index contributed by atoms with van der Waals surface area (Å²) in [6.07, 6.45) is 3.55. The molecule has 4 heteroatoms. The molecule has 1 unspecified atom stereocenters. The van der Waals surface area contributed by atoms with E-state index >= 15 is 0 Å². The quantitative estimate of drug-likeness (QED) is 0.827. The topological polar surface area (TPSA) is 62.2 Å². The standard InChI is InChI=1S/C17H16N2O2/c20-15-6-4-12(5-7-15)16-11-18-10-13(17(16)21)9-14-3-1-2-8-19-14/h1-9,16,18,20H,10-11H2. The van der Waals surface area contributed by atoms with Crippen molar-refractivity contribution >= 4 is 11.9 Å². The van der Waals surface area contributed by atoms with E-state index in [0.717, 1.165) is 16.8 Å². The van der Waals surface area contributed by atoms with Gasteiger partial charge in [-0.25, -0.2) is 0 Å². The van der Waals surface area contributed by atoms with Crippen molar-refractivity contribution in [2.75, 3.05) is 13.1 Å². The van der Waals surface area contributed by atoms with Gasteiger partial charge in [-0.2, -0.15) is 0 Å². The molecule has 1 aromatic heterocycles. The Hall–Kier alpha value is -2.46. The SMILES string of the molecule is O=C1C(=Cc2ccccn2)CNCC1c1ccc(O)cc1. The predicted molar refractivity (Wildman–Crippen MR) is 80.9 cm³/mol. The number of benzene rings is 1. The number of hydrogen-bond donors (Lipinski definition) is 2. The maximum absolute atomic E-state index is 12.6. The van der Waals surface area contributed by atoms with Crippen LogP contribution in [-0.2, 0) is 4.79 Å². The molecule has 1 aromatic carbocycles. The van der Waals surface area contributed by atoms with Crippen molar-refractivity contribution in [3.05, 3.63) is 65.5 Å². The van der Waals surface area contributed by atoms with Crippen LogP contribution in [0.3, 0.4) is 0 Å². The zero-order valence-corrected chi connectivity index (χ0v) is 11.5. The van der Waals surface area contributed by atoms with E-state index < -0.39 is 0 Å². The van der Waals surface area contributed by atoms with Crippen LogP contribution in [0.1, 0.15) is 17.2 Å². The van der Waals surface area contributed by atoms with Crippen molar-refractivity contribution in [3.8, 4) is 5.75 Å². The van der Waals surface area contributed by atoms with Crippen molar-refractivity contribution < 1.29 is 9.90 Å². The third-order valence-corrected chi connectivity index (χ3v) is 3.60. The molecule has 1 aliphatic heterocycles. The highest BCUT2D eigenvalue weighted by Gasteiger charge is 2.27. The fourth-order valence-corrected chi connectivity index (χ4v) is 2.49. The Morgan fingerprint density at radius 2 is 2.00 bits per heavy atom. The number of nitrogens with zero attached hydrogens (tertiary/aromatic N) is 1. The summed E-state index contributed by atoms with van der Waals surface area (Å²) < 4.78 is 0. The zero-order chi connectivity index (χ0) is 14.7. The normalized spacial score (nSPS) is 20.7. The molecule has 0 saturated carbocycles. The van der Waals surface area contributed by atoms with E-state index in [1.807, 2.05) is 24.3 Å². The maximum atomic E-state index is 12.6. The van der Waals surface area contributed by atoms with Crippen molar-refractivity contribution in [2.24, 2.45) is 0 Å². The largest absolute Gasteiger partial charge is 0.508 e. The van der Waals surface area contributed by atoms with Crippen LogP contribution < -0.4 is 5.32 Å². The third kappa shape index (κ3) is 3.01. The number of aromatic nitrogens is 1. The van der Waals surface area contributed by atoms with Crippen LogP contribution in [0.25, 0.3) is 6.08 Å². The Balaban J connectivity index is 1.87. The van der Waals surface area contributed by atoms with Gasteiger partial charge in [-0.15, -0.1) is 0 Å². The first-order valence-electron chi connectivity index (χ1n) is 6.89. The molecule has 0 radical (unpaired) electrons. The first kappa shape index (κ1) is 13.5. The van der Waals surface area contributed by atoms with Crippen molar-refractivity contribution in [3.63, 3.8) is 0 Å². The van der Waals surface area contributed by atoms with Crippen LogP contribution in [0, 0.1) is 0 Å². The fourth-order valence-electron chi connectivity index (χ4n) is 2.49. The van der Waals surface area contributed by atoms with Crippen molar-refractivity contribution in [2.45, 2.75) is 5.92 Å². The number of phenolic OH excluding ortho intramolecular Hbond substituents is 1. The number of Topliss-reactive ketones (excluding diaryl/α,β-unsaturated/α-hetero) is 1. The number of piperidine rings is 1. The van der Waals surface area contributed by atoms with E-state index in [1.165, 1.54) is 0 Å². The van der Waals surface area contributed by atoms with Gasteiger partial charge in [0, 0.05) is 24.9 Å². The number of ketones is 1. The Kier molecular flexibility index (Phi) is 3.79. The van der Waals surface area contributed by atoms with Gasteiger partial charge < -0.3 is 10.4 Å². The second kappa shape index (κ2) is 5.89. The van der Waals surface area contributed by atoms with Gasteiger partial charge in [-0.3, -0.25) is 9.78 Å². The summed E-state index contributed by atoms with van der Waals surface area (Å²) in [5.41, 5.74) is 2.43. The van der Waals surface area contributed by atoms with Gasteiger partial charge in [-0.1, -0.05) is 18.2 Å². The van der Waals surface area contributed by atoms with E-state index in [9.17, 15) is 9.90 Å². The summed E-state index contributed by atoms with van der Waals surface area (Å²) in [4.78, 5) is 16.8. The molecule has 2 aromatic rings. The molecule has 1 atom stereocenters. The molecule has 2 heterocycles. The number of nitrogens with one attached hydrogen (secondary N) is 1. The van der Waals surface area contributed by atoms with Crippen molar-refractivity contribution in [1.29, 1.82) is 0 Å². The average molecular weight is 280 g/mol. The van der Waals surface area contributed by atoms with Gasteiger partial charge in [0.25, 0.3) is 0 Å². The van der Waals surface area contributed by atoms with E-state index in [2.05, 4.69) is 10.3 Å². The summed E-state index contributed by atoms with van der Waals surface area (Å²) in [6, 6.07) is 12.4. The van der Waals surface area contributed by atoms with Crippen LogP contribution in [0.4, 0.5) is 0 Å². The summed E-state index contributed by atoms with van der Waals surface area (Å²) in [5.74, 6) is 0.110. The lowest BCUT2D eigenvalue weighted by atomic mass is 9.87. The highest BCUT2D eigenvalue weighted by atomic mass is 16.3. The Morgan fingerprint density at radius 3 is 2.71 bits per heavy atom. The van der Waals surface area contributed by atoms with Crippen LogP contribution in [-0.4, -0.2) is 29.0 Å². The number of carbonyl (C=O) groups excluding carboxylic acids is 1. The van der Waals surface area contributed by atoms with Gasteiger partial charge in [0.2, 0.25) is 0 Å². The van der Waals surface area contributed by atoms with Crippen LogP contribution in [0.2, 0.25) is 0 Å². The molecule has 2 N–H and O–H groups in total. The fraction of sp³-hybridized carbons (Fsp3) is 0.176. The van der Waals surface area contributed by atoms with E-state index in [0.29, 0.717) is 13.1 Å². The smallest absolute Gasteiger partial charge is 0.168 e. The minimum absolute atomic E-state index is 0.116. The highest BCUT2D eigenvalue weighted by Crippen LogP contribution is 2.25. The molecule has 1 aliphatic rings. The molecule has 21 heavy (non-hydrogen) atoms. The van der Waals surface area contributed by atoms with Crippen LogP contribution in [0.15, 0.2) is 54.2 Å². The molecule has 0 aliphatic carbocycles. The van der Waals surface area contributed by atoms with Gasteiger partial charge in [-0.05, 0) is 35.9 Å². The summed E-state index contributed by atoms with van der Waals surface area (Å²) in [5, 5.41) is 12.6. The number of carbonyl (C=O) groups is 1. The molecule has 0 amide bonds. The molecule has 1 saturated heterocycles. The Labute approximate surface area is 123 Å². The summed E-state index contributed by atoms with van der Waals surface area (Å²) >= 11 is 0. The average Bonchev–Trinajstić information content (AvgIpc) is 2.52. The molecule has 1 fully saturated rings. The number of aromatic hydroxyl groups is 1. The minimum atomic E-state index is -0.214. The highest BCUT2D eigenvalue weighted by molar-refractivity contribution is 6.05. The maximum Gasteiger partial charge on any atom is 0.168 e. The monoisotopic (exact) mass is 280 g/mol. The van der Waals surface area contributed by atoms with Gasteiger partial charge in [0.1, 0.15) is 5.75 Å². The first-order valence-corrected chi connectivity index (χ1v) is 6.89. The molecule has 3 rings (SSSR count). The predicted octanol–water partition coefficient (Wildman–Crippen LogP) is 2.13. The van der Waals surface area contributed by atoms with E-state index in [4.69, 9.17) is 0 Å². The molecule has 4 nitrogen and oxygen atoms in total. The van der Waals surface area contributed by atoms with Crippen LogP contribution in [0.5, 0.6) is 5.75 Å². The lowest BCUT2D eigenvalue weighted by molar-refractivity contribution is -0.117. The van der Waals surface area contributed by atoms with Gasteiger partial charge in [0.15, 0.2) is 5.78 Å². The van der Waals surface area contributed by atoms with E-state index in [-0.39, 0.29) is 17.5 Å². The lowest BCUT2D eigenvalue weighted by Gasteiger charge is -2.24.